The van der Waals surface area contributed by atoms with E-state index in [0.717, 1.165) is 17.7 Å². The van der Waals surface area contributed by atoms with Crippen LogP contribution in [0.5, 0.6) is 5.75 Å². The van der Waals surface area contributed by atoms with Gasteiger partial charge in [-0.05, 0) is 23.6 Å². The van der Waals surface area contributed by atoms with Crippen LogP contribution in [0, 0.1) is 11.6 Å². The zero-order chi connectivity index (χ0) is 24.0. The molecule has 9 heteroatoms. The first-order valence-electron chi connectivity index (χ1n) is 10.8. The van der Waals surface area contributed by atoms with Crippen molar-refractivity contribution in [2.75, 3.05) is 6.61 Å². The van der Waals surface area contributed by atoms with Gasteiger partial charge in [0, 0.05) is 18.7 Å². The van der Waals surface area contributed by atoms with Crippen LogP contribution in [0.2, 0.25) is 0 Å². The summed E-state index contributed by atoms with van der Waals surface area (Å²) < 4.78 is 34.2. The summed E-state index contributed by atoms with van der Waals surface area (Å²) in [6.45, 7) is 0.389. The maximum atomic E-state index is 13.9. The Balaban J connectivity index is 1.43. The number of hydrogen-bond acceptors (Lipinski definition) is 5. The van der Waals surface area contributed by atoms with Crippen molar-refractivity contribution in [2.24, 2.45) is 0 Å². The van der Waals surface area contributed by atoms with E-state index < -0.39 is 40.7 Å². The van der Waals surface area contributed by atoms with Crippen LogP contribution in [0.4, 0.5) is 8.78 Å². The summed E-state index contributed by atoms with van der Waals surface area (Å²) in [5.74, 6) is -3.50. The maximum absolute atomic E-state index is 13.9. The summed E-state index contributed by atoms with van der Waals surface area (Å²) in [5.41, 5.74) is -0.460. The lowest BCUT2D eigenvalue weighted by atomic mass is 10.0. The Labute approximate surface area is 192 Å². The number of amides is 1. The van der Waals surface area contributed by atoms with Crippen LogP contribution in [0.3, 0.4) is 0 Å². The predicted octanol–water partition coefficient (Wildman–Crippen LogP) is 3.20. The molecule has 0 bridgehead atoms. The van der Waals surface area contributed by atoms with E-state index in [1.54, 1.807) is 0 Å². The molecule has 0 radical (unpaired) electrons. The molecule has 5 rings (SSSR count). The zero-order valence-corrected chi connectivity index (χ0v) is 17.9. The number of aromatic hydroxyl groups is 1. The van der Waals surface area contributed by atoms with E-state index in [4.69, 9.17) is 4.74 Å². The number of carbonyl (C=O) groups excluding carboxylic acids is 2. The number of rotatable bonds is 5. The van der Waals surface area contributed by atoms with Crippen LogP contribution in [0.15, 0.2) is 59.5 Å². The zero-order valence-electron chi connectivity index (χ0n) is 17.9. The van der Waals surface area contributed by atoms with Gasteiger partial charge in [-0.25, -0.2) is 8.78 Å². The van der Waals surface area contributed by atoms with E-state index in [1.807, 2.05) is 30.3 Å². The number of aromatic nitrogens is 1. The van der Waals surface area contributed by atoms with Crippen molar-refractivity contribution in [3.05, 3.63) is 99.0 Å². The second kappa shape index (κ2) is 8.49. The molecule has 2 aliphatic rings. The third-order valence-corrected chi connectivity index (χ3v) is 6.26. The fourth-order valence-electron chi connectivity index (χ4n) is 4.52. The van der Waals surface area contributed by atoms with Gasteiger partial charge in [0.1, 0.15) is 11.6 Å². The number of carbonyl (C=O) groups is 2. The van der Waals surface area contributed by atoms with Gasteiger partial charge in [-0.3, -0.25) is 14.4 Å². The molecular formula is C25H20F2N2O5. The number of pyridine rings is 1. The molecular weight excluding hydrogens is 446 g/mol. The lowest BCUT2D eigenvalue weighted by Crippen LogP contribution is -2.47. The average molecular weight is 466 g/mol. The first-order valence-corrected chi connectivity index (χ1v) is 10.8. The number of ketones is 1. The predicted molar refractivity (Wildman–Crippen MR) is 116 cm³/mol. The summed E-state index contributed by atoms with van der Waals surface area (Å²) >= 11 is 0. The summed E-state index contributed by atoms with van der Waals surface area (Å²) in [6.07, 6.45) is 0.342. The maximum Gasteiger partial charge on any atom is 0.277 e. The van der Waals surface area contributed by atoms with E-state index in [2.05, 4.69) is 0 Å². The van der Waals surface area contributed by atoms with Gasteiger partial charge < -0.3 is 19.3 Å². The van der Waals surface area contributed by atoms with E-state index in [9.17, 15) is 28.3 Å². The van der Waals surface area contributed by atoms with E-state index >= 15 is 0 Å². The first kappa shape index (κ1) is 22.0. The van der Waals surface area contributed by atoms with Gasteiger partial charge in [-0.15, -0.1) is 0 Å². The fraction of sp³-hybridized carbons (Fsp3) is 0.240. The summed E-state index contributed by atoms with van der Waals surface area (Å²) in [6, 6.07) is 12.0. The Bertz CT molecular complexity index is 1360. The Morgan fingerprint density at radius 1 is 1.12 bits per heavy atom. The number of halogens is 2. The van der Waals surface area contributed by atoms with E-state index in [0.29, 0.717) is 0 Å². The molecule has 7 nitrogen and oxygen atoms in total. The van der Waals surface area contributed by atoms with Crippen LogP contribution in [0.25, 0.3) is 0 Å². The number of aryl methyl sites for hydroxylation is 1. The molecule has 2 atom stereocenters. The fourth-order valence-corrected chi connectivity index (χ4v) is 4.52. The topological polar surface area (TPSA) is 88.8 Å². The molecule has 1 aromatic heterocycles. The first-order chi connectivity index (χ1) is 16.3. The van der Waals surface area contributed by atoms with Gasteiger partial charge in [-0.1, -0.05) is 36.4 Å². The molecule has 1 N–H and O–H groups in total. The van der Waals surface area contributed by atoms with Crippen LogP contribution in [-0.4, -0.2) is 39.1 Å². The average Bonchev–Trinajstić information content (AvgIpc) is 3.25. The molecule has 1 amide bonds. The molecule has 1 saturated heterocycles. The standard InChI is InChI=1S/C25H20F2N2O5/c26-16-8-6-14(18(27)10-16)7-9-20(30)17-11-28-12-21-29(25(33)22(28)24(32)23(17)31)19(13-34-21)15-4-2-1-3-5-15/h1-6,8,10-11,19,21,32H,7,9,12-13H2/t19-,21-/m1/s1. The summed E-state index contributed by atoms with van der Waals surface area (Å²) in [5, 5.41) is 10.6. The highest BCUT2D eigenvalue weighted by molar-refractivity contribution is 6.00. The van der Waals surface area contributed by atoms with E-state index in [1.165, 1.54) is 21.7 Å². The van der Waals surface area contributed by atoms with Crippen molar-refractivity contribution in [2.45, 2.75) is 31.7 Å². The van der Waals surface area contributed by atoms with Gasteiger partial charge >= 0.3 is 0 Å². The SMILES string of the molecule is O=C(CCc1ccc(F)cc1F)c1cn2c(c(O)c1=O)C(=O)N1[C@@H](c3ccccc3)CO[C@@H]1C2. The number of benzene rings is 2. The number of fused-ring (bicyclic) bond motifs is 2. The van der Waals surface area contributed by atoms with Crippen LogP contribution >= 0.6 is 0 Å². The highest BCUT2D eigenvalue weighted by Crippen LogP contribution is 2.36. The Kier molecular flexibility index (Phi) is 5.49. The summed E-state index contributed by atoms with van der Waals surface area (Å²) in [7, 11) is 0. The minimum absolute atomic E-state index is 0.0515. The summed E-state index contributed by atoms with van der Waals surface area (Å²) in [4.78, 5) is 40.3. The van der Waals surface area contributed by atoms with Crippen LogP contribution in [-0.2, 0) is 17.7 Å². The highest BCUT2D eigenvalue weighted by Gasteiger charge is 2.45. The monoisotopic (exact) mass is 466 g/mol. The van der Waals surface area contributed by atoms with Crippen LogP contribution in [0.1, 0.15) is 44.4 Å². The molecule has 0 saturated carbocycles. The lowest BCUT2D eigenvalue weighted by Gasteiger charge is -2.34. The molecule has 34 heavy (non-hydrogen) atoms. The van der Waals surface area contributed by atoms with Gasteiger partial charge in [0.05, 0.1) is 24.8 Å². The number of nitrogens with zero attached hydrogens (tertiary/aromatic N) is 2. The molecule has 2 aliphatic heterocycles. The molecule has 3 aromatic rings. The minimum Gasteiger partial charge on any atom is -0.503 e. The third-order valence-electron chi connectivity index (χ3n) is 6.26. The molecule has 0 unspecified atom stereocenters. The van der Waals surface area contributed by atoms with Gasteiger partial charge in [0.25, 0.3) is 5.91 Å². The largest absolute Gasteiger partial charge is 0.503 e. The molecule has 1 fully saturated rings. The smallest absolute Gasteiger partial charge is 0.277 e. The second-order valence-electron chi connectivity index (χ2n) is 8.31. The van der Waals surface area contributed by atoms with Crippen LogP contribution < -0.4 is 5.43 Å². The lowest BCUT2D eigenvalue weighted by molar-refractivity contribution is 0.00564. The molecule has 174 valence electrons. The van der Waals surface area contributed by atoms with Crippen molar-refractivity contribution >= 4 is 11.7 Å². The Morgan fingerprint density at radius 2 is 1.88 bits per heavy atom. The van der Waals surface area contributed by atoms with E-state index in [-0.39, 0.29) is 48.9 Å². The molecule has 0 spiro atoms. The number of ether oxygens (including phenoxy) is 1. The normalized spacial score (nSPS) is 19.1. The molecule has 2 aromatic carbocycles. The van der Waals surface area contributed by atoms with Crippen molar-refractivity contribution in [1.29, 1.82) is 0 Å². The quantitative estimate of drug-likeness (QED) is 0.584. The van der Waals surface area contributed by atoms with Crippen molar-refractivity contribution < 1.29 is 28.2 Å². The van der Waals surface area contributed by atoms with Gasteiger partial charge in [0.2, 0.25) is 5.43 Å². The number of Topliss-reactive ketones (excluding diaryl/α,β-unsaturated/α-hetero) is 1. The Morgan fingerprint density at radius 3 is 2.62 bits per heavy atom. The minimum atomic E-state index is -0.959. The molecule has 0 aliphatic carbocycles. The van der Waals surface area contributed by atoms with Crippen molar-refractivity contribution in [1.82, 2.24) is 9.47 Å². The molecule has 3 heterocycles. The van der Waals surface area contributed by atoms with Crippen molar-refractivity contribution in [3.8, 4) is 5.75 Å². The third kappa shape index (κ3) is 3.67. The van der Waals surface area contributed by atoms with Gasteiger partial charge in [0.15, 0.2) is 23.5 Å². The van der Waals surface area contributed by atoms with Gasteiger partial charge in [-0.2, -0.15) is 0 Å². The van der Waals surface area contributed by atoms with Crippen molar-refractivity contribution in [3.63, 3.8) is 0 Å². The number of hydrogen-bond donors (Lipinski definition) is 1. The highest BCUT2D eigenvalue weighted by atomic mass is 19.1. The Hall–Kier alpha value is -3.85. The second-order valence-corrected chi connectivity index (χ2v) is 8.31.